The number of benzene rings is 1. The Labute approximate surface area is 164 Å². The molecule has 28 heavy (non-hydrogen) atoms. The minimum atomic E-state index is -4.45. The number of aromatic nitrogens is 1. The van der Waals surface area contributed by atoms with Crippen LogP contribution in [0.25, 0.3) is 0 Å². The van der Waals surface area contributed by atoms with E-state index in [9.17, 15) is 18.0 Å². The summed E-state index contributed by atoms with van der Waals surface area (Å²) in [6.07, 6.45) is -0.443. The molecule has 0 atom stereocenters. The molecule has 0 unspecified atom stereocenters. The molecule has 0 bridgehead atoms. The van der Waals surface area contributed by atoms with E-state index in [0.29, 0.717) is 17.5 Å². The number of ketones is 1. The van der Waals surface area contributed by atoms with Gasteiger partial charge in [-0.05, 0) is 58.9 Å². The van der Waals surface area contributed by atoms with E-state index < -0.39 is 11.9 Å². The van der Waals surface area contributed by atoms with Gasteiger partial charge in [0.05, 0.1) is 0 Å². The first-order valence-electron chi connectivity index (χ1n) is 9.60. The van der Waals surface area contributed by atoms with Crippen molar-refractivity contribution >= 4 is 5.78 Å². The Morgan fingerprint density at radius 2 is 1.64 bits per heavy atom. The van der Waals surface area contributed by atoms with Crippen molar-refractivity contribution in [3.63, 3.8) is 0 Å². The van der Waals surface area contributed by atoms with Crippen LogP contribution in [0, 0.1) is 0 Å². The molecular formula is C23H26F3NO. The van der Waals surface area contributed by atoms with Gasteiger partial charge >= 0.3 is 6.18 Å². The number of alkyl halides is 3. The molecule has 0 saturated heterocycles. The average Bonchev–Trinajstić information content (AvgIpc) is 2.63. The largest absolute Gasteiger partial charge is 0.433 e. The lowest BCUT2D eigenvalue weighted by Gasteiger charge is -2.42. The summed E-state index contributed by atoms with van der Waals surface area (Å²) < 4.78 is 37.8. The van der Waals surface area contributed by atoms with Crippen LogP contribution in [0.1, 0.15) is 79.7 Å². The van der Waals surface area contributed by atoms with Crippen molar-refractivity contribution < 1.29 is 18.0 Å². The van der Waals surface area contributed by atoms with E-state index in [0.717, 1.165) is 18.9 Å². The highest BCUT2D eigenvalue weighted by molar-refractivity contribution is 5.96. The molecule has 3 rings (SSSR count). The Morgan fingerprint density at radius 3 is 2.21 bits per heavy atom. The number of nitrogens with zero attached hydrogens (tertiary/aromatic N) is 1. The van der Waals surface area contributed by atoms with Crippen molar-refractivity contribution in [3.8, 4) is 0 Å². The number of fused-ring (bicyclic) bond motifs is 1. The van der Waals surface area contributed by atoms with Crippen molar-refractivity contribution in [2.24, 2.45) is 0 Å². The summed E-state index contributed by atoms with van der Waals surface area (Å²) in [6, 6.07) is 8.33. The van der Waals surface area contributed by atoms with Crippen LogP contribution in [0.4, 0.5) is 13.2 Å². The summed E-state index contributed by atoms with van der Waals surface area (Å²) in [5.74, 6) is 0.00174. The first-order chi connectivity index (χ1) is 12.9. The van der Waals surface area contributed by atoms with Crippen molar-refractivity contribution in [1.29, 1.82) is 0 Å². The third kappa shape index (κ3) is 4.13. The fraction of sp³-hybridized carbons (Fsp3) is 0.478. The molecule has 0 aliphatic heterocycles. The maximum absolute atomic E-state index is 12.7. The standard InChI is InChI=1S/C23H26F3NO/c1-21(2)11-12-22(3,4)18-13-16(7-8-17(18)21)19(28)9-5-15-6-10-20(27-14-15)23(24,25)26/h6-8,10,13-14H,5,9,11-12H2,1-4H3. The molecule has 150 valence electrons. The lowest BCUT2D eigenvalue weighted by atomic mass is 9.63. The molecule has 0 radical (unpaired) electrons. The molecule has 0 saturated carbocycles. The molecule has 1 heterocycles. The van der Waals surface area contributed by atoms with Crippen molar-refractivity contribution in [3.05, 3.63) is 64.5 Å². The van der Waals surface area contributed by atoms with Crippen molar-refractivity contribution in [2.45, 2.75) is 70.4 Å². The summed E-state index contributed by atoms with van der Waals surface area (Å²) >= 11 is 0. The summed E-state index contributed by atoms with van der Waals surface area (Å²) in [5, 5.41) is 0. The number of pyridine rings is 1. The van der Waals surface area contributed by atoms with Crippen LogP contribution < -0.4 is 0 Å². The van der Waals surface area contributed by atoms with Gasteiger partial charge in [0.2, 0.25) is 0 Å². The maximum Gasteiger partial charge on any atom is 0.433 e. The third-order valence-electron chi connectivity index (χ3n) is 5.93. The van der Waals surface area contributed by atoms with Gasteiger partial charge in [0.15, 0.2) is 5.78 Å². The second kappa shape index (κ2) is 7.02. The fourth-order valence-electron chi connectivity index (χ4n) is 3.90. The Bertz CT molecular complexity index is 880. The second-order valence-electron chi connectivity index (χ2n) is 9.00. The highest BCUT2D eigenvalue weighted by Gasteiger charge is 2.37. The number of halogens is 3. The predicted octanol–water partition coefficient (Wildman–Crippen LogP) is 6.26. The van der Waals surface area contributed by atoms with Crippen LogP contribution in [0.15, 0.2) is 36.5 Å². The SMILES string of the molecule is CC1(C)CCC(C)(C)c2cc(C(=O)CCc3ccc(C(F)(F)F)nc3)ccc21. The van der Waals surface area contributed by atoms with Crippen molar-refractivity contribution in [1.82, 2.24) is 4.98 Å². The first kappa shape index (κ1) is 20.6. The van der Waals surface area contributed by atoms with Crippen LogP contribution in [0.5, 0.6) is 0 Å². The van der Waals surface area contributed by atoms with E-state index in [2.05, 4.69) is 38.7 Å². The van der Waals surface area contributed by atoms with Gasteiger partial charge in [-0.3, -0.25) is 9.78 Å². The zero-order valence-corrected chi connectivity index (χ0v) is 16.8. The number of rotatable bonds is 4. The lowest BCUT2D eigenvalue weighted by Crippen LogP contribution is -2.34. The number of hydrogen-bond acceptors (Lipinski definition) is 2. The van der Waals surface area contributed by atoms with E-state index in [1.54, 1.807) is 0 Å². The van der Waals surface area contributed by atoms with E-state index in [4.69, 9.17) is 0 Å². The van der Waals surface area contributed by atoms with E-state index >= 15 is 0 Å². The minimum absolute atomic E-state index is 0.00174. The number of carbonyl (C=O) groups is 1. The summed E-state index contributed by atoms with van der Waals surface area (Å²) in [7, 11) is 0. The van der Waals surface area contributed by atoms with Crippen LogP contribution in [-0.4, -0.2) is 10.8 Å². The fourth-order valence-corrected chi connectivity index (χ4v) is 3.90. The molecule has 2 nitrogen and oxygen atoms in total. The average molecular weight is 389 g/mol. The molecule has 2 aromatic rings. The number of hydrogen-bond donors (Lipinski definition) is 0. The highest BCUT2D eigenvalue weighted by atomic mass is 19.4. The number of carbonyl (C=O) groups excluding carboxylic acids is 1. The van der Waals surface area contributed by atoms with Gasteiger partial charge in [0.25, 0.3) is 0 Å². The normalized spacial score (nSPS) is 17.8. The van der Waals surface area contributed by atoms with Gasteiger partial charge in [-0.2, -0.15) is 13.2 Å². The zero-order valence-electron chi connectivity index (χ0n) is 16.8. The molecule has 1 aliphatic rings. The van der Waals surface area contributed by atoms with Gasteiger partial charge in [-0.1, -0.05) is 45.9 Å². The number of aryl methyl sites for hydroxylation is 1. The zero-order chi connectivity index (χ0) is 20.7. The van der Waals surface area contributed by atoms with Gasteiger partial charge in [0.1, 0.15) is 5.69 Å². The van der Waals surface area contributed by atoms with Crippen LogP contribution >= 0.6 is 0 Å². The predicted molar refractivity (Wildman–Crippen MR) is 104 cm³/mol. The Balaban J connectivity index is 1.75. The summed E-state index contributed by atoms with van der Waals surface area (Å²) in [6.45, 7) is 8.90. The molecule has 0 N–H and O–H groups in total. The van der Waals surface area contributed by atoms with Gasteiger partial charge in [-0.25, -0.2) is 0 Å². The third-order valence-corrected chi connectivity index (χ3v) is 5.93. The first-order valence-corrected chi connectivity index (χ1v) is 9.60. The molecule has 1 aromatic carbocycles. The molecule has 1 aromatic heterocycles. The van der Waals surface area contributed by atoms with Crippen LogP contribution in [0.2, 0.25) is 0 Å². The Morgan fingerprint density at radius 1 is 1.00 bits per heavy atom. The Kier molecular flexibility index (Phi) is 5.15. The maximum atomic E-state index is 12.7. The van der Waals surface area contributed by atoms with Crippen LogP contribution in [-0.2, 0) is 23.4 Å². The lowest BCUT2D eigenvalue weighted by molar-refractivity contribution is -0.141. The molecule has 0 fully saturated rings. The number of Topliss-reactive ketones (excluding diaryl/α,β-unsaturated/α-hetero) is 1. The van der Waals surface area contributed by atoms with Gasteiger partial charge in [0, 0.05) is 18.2 Å². The molecule has 5 heteroatoms. The van der Waals surface area contributed by atoms with Crippen LogP contribution in [0.3, 0.4) is 0 Å². The van der Waals surface area contributed by atoms with Crippen molar-refractivity contribution in [2.75, 3.05) is 0 Å². The van der Waals surface area contributed by atoms with Gasteiger partial charge < -0.3 is 0 Å². The quantitative estimate of drug-likeness (QED) is 0.577. The van der Waals surface area contributed by atoms with E-state index in [1.165, 1.54) is 23.4 Å². The molecular weight excluding hydrogens is 363 g/mol. The van der Waals surface area contributed by atoms with Gasteiger partial charge in [-0.15, -0.1) is 0 Å². The minimum Gasteiger partial charge on any atom is -0.294 e. The smallest absolute Gasteiger partial charge is 0.294 e. The van der Waals surface area contributed by atoms with E-state index in [1.807, 2.05) is 12.1 Å². The monoisotopic (exact) mass is 389 g/mol. The highest BCUT2D eigenvalue weighted by Crippen LogP contribution is 2.46. The molecule has 0 amide bonds. The Hall–Kier alpha value is -2.17. The summed E-state index contributed by atoms with van der Waals surface area (Å²) in [5.41, 5.74) is 3.03. The second-order valence-corrected chi connectivity index (χ2v) is 9.00. The topological polar surface area (TPSA) is 30.0 Å². The molecule has 1 aliphatic carbocycles. The summed E-state index contributed by atoms with van der Waals surface area (Å²) in [4.78, 5) is 16.2. The van der Waals surface area contributed by atoms with E-state index in [-0.39, 0.29) is 23.0 Å². The molecule has 0 spiro atoms.